The quantitative estimate of drug-likeness (QED) is 0.137. The molecule has 6 aromatic carbocycles. The lowest BCUT2D eigenvalue weighted by Crippen LogP contribution is -2.22. The van der Waals surface area contributed by atoms with E-state index in [1.807, 2.05) is 48.5 Å². The highest BCUT2D eigenvalue weighted by molar-refractivity contribution is 6.09. The SMILES string of the molecule is O=C(c1ccc(N(Cc2ccccc2)Cc2ccccc2)cc1)c1ccc(N(Cc2ccccc2)Cc2ccccc2)cc1. The first kappa shape index (κ1) is 28.7. The molecule has 6 rings (SSSR count). The molecule has 0 heterocycles. The van der Waals surface area contributed by atoms with Gasteiger partial charge in [-0.05, 0) is 70.8 Å². The fourth-order valence-corrected chi connectivity index (χ4v) is 5.51. The molecule has 0 saturated heterocycles. The van der Waals surface area contributed by atoms with Crippen LogP contribution in [0, 0.1) is 0 Å². The predicted molar refractivity (Wildman–Crippen MR) is 182 cm³/mol. The minimum atomic E-state index is 0.0263. The van der Waals surface area contributed by atoms with Crippen molar-refractivity contribution in [2.24, 2.45) is 0 Å². The van der Waals surface area contributed by atoms with Crippen molar-refractivity contribution in [3.8, 4) is 0 Å². The van der Waals surface area contributed by atoms with Crippen molar-refractivity contribution in [3.63, 3.8) is 0 Å². The van der Waals surface area contributed by atoms with Crippen LogP contribution in [0.3, 0.4) is 0 Å². The summed E-state index contributed by atoms with van der Waals surface area (Å²) in [4.78, 5) is 18.2. The summed E-state index contributed by atoms with van der Waals surface area (Å²) >= 11 is 0. The summed E-state index contributed by atoms with van der Waals surface area (Å²) in [6.45, 7) is 3.14. The molecule has 0 bridgehead atoms. The fourth-order valence-electron chi connectivity index (χ4n) is 5.51. The molecule has 0 amide bonds. The summed E-state index contributed by atoms with van der Waals surface area (Å²) in [5, 5.41) is 0. The summed E-state index contributed by atoms with van der Waals surface area (Å²) < 4.78 is 0. The van der Waals surface area contributed by atoms with Gasteiger partial charge in [0.1, 0.15) is 0 Å². The number of benzene rings is 6. The topological polar surface area (TPSA) is 23.6 Å². The van der Waals surface area contributed by atoms with Gasteiger partial charge in [-0.25, -0.2) is 0 Å². The first-order valence-electron chi connectivity index (χ1n) is 15.1. The van der Waals surface area contributed by atoms with Crippen molar-refractivity contribution in [1.82, 2.24) is 0 Å². The van der Waals surface area contributed by atoms with Crippen molar-refractivity contribution in [2.75, 3.05) is 9.80 Å². The summed E-state index contributed by atoms with van der Waals surface area (Å²) in [5.41, 5.74) is 8.53. The van der Waals surface area contributed by atoms with Gasteiger partial charge in [-0.2, -0.15) is 0 Å². The lowest BCUT2D eigenvalue weighted by atomic mass is 10.0. The Labute approximate surface area is 260 Å². The Morgan fingerprint density at radius 3 is 0.841 bits per heavy atom. The first-order valence-corrected chi connectivity index (χ1v) is 15.1. The summed E-state index contributed by atoms with van der Waals surface area (Å²) in [6, 6.07) is 58.1. The Bertz CT molecular complexity index is 1520. The van der Waals surface area contributed by atoms with Gasteiger partial charge in [-0.1, -0.05) is 121 Å². The second-order valence-electron chi connectivity index (χ2n) is 11.1. The minimum absolute atomic E-state index is 0.0263. The third-order valence-corrected chi connectivity index (χ3v) is 7.85. The zero-order valence-electron chi connectivity index (χ0n) is 24.8. The number of rotatable bonds is 12. The van der Waals surface area contributed by atoms with Crippen LogP contribution in [0.1, 0.15) is 38.2 Å². The number of hydrogen-bond donors (Lipinski definition) is 0. The van der Waals surface area contributed by atoms with Crippen molar-refractivity contribution < 1.29 is 4.79 Å². The number of anilines is 2. The number of nitrogens with zero attached hydrogens (tertiary/aromatic N) is 2. The van der Waals surface area contributed by atoms with Crippen LogP contribution in [0.5, 0.6) is 0 Å². The number of ketones is 1. The molecular weight excluding hydrogens is 536 g/mol. The molecule has 0 aliphatic carbocycles. The van der Waals surface area contributed by atoms with Crippen LogP contribution in [0.25, 0.3) is 0 Å². The van der Waals surface area contributed by atoms with Crippen LogP contribution < -0.4 is 9.80 Å². The Hall–Kier alpha value is -5.41. The Kier molecular flexibility index (Phi) is 9.24. The van der Waals surface area contributed by atoms with Gasteiger partial charge in [0.15, 0.2) is 5.78 Å². The van der Waals surface area contributed by atoms with E-state index >= 15 is 0 Å². The standard InChI is InChI=1S/C41H36N2O/c44-41(37-21-25-39(26-22-37)42(29-33-13-5-1-6-14-33)30-34-15-7-2-8-16-34)38-23-27-40(28-24-38)43(31-35-17-9-3-10-18-35)32-36-19-11-4-12-20-36/h1-28H,29-32H2. The maximum Gasteiger partial charge on any atom is 0.193 e. The van der Waals surface area contributed by atoms with E-state index in [4.69, 9.17) is 0 Å². The zero-order valence-corrected chi connectivity index (χ0v) is 24.8. The maximum absolute atomic E-state index is 13.5. The summed E-state index contributed by atoms with van der Waals surface area (Å²) in [7, 11) is 0. The van der Waals surface area contributed by atoms with Crippen LogP contribution in [-0.2, 0) is 26.2 Å². The van der Waals surface area contributed by atoms with E-state index in [-0.39, 0.29) is 5.78 Å². The summed E-state index contributed by atoms with van der Waals surface area (Å²) in [5.74, 6) is 0.0263. The summed E-state index contributed by atoms with van der Waals surface area (Å²) in [6.07, 6.45) is 0. The molecule has 216 valence electrons. The molecule has 6 aromatic rings. The van der Waals surface area contributed by atoms with Gasteiger partial charge in [0, 0.05) is 48.7 Å². The van der Waals surface area contributed by atoms with E-state index in [9.17, 15) is 4.79 Å². The lowest BCUT2D eigenvalue weighted by Gasteiger charge is -2.26. The monoisotopic (exact) mass is 572 g/mol. The van der Waals surface area contributed by atoms with Crippen molar-refractivity contribution in [1.29, 1.82) is 0 Å². The Morgan fingerprint density at radius 2 is 0.591 bits per heavy atom. The molecule has 0 unspecified atom stereocenters. The average Bonchev–Trinajstić information content (AvgIpc) is 3.09. The largest absolute Gasteiger partial charge is 0.363 e. The molecule has 0 fully saturated rings. The number of hydrogen-bond acceptors (Lipinski definition) is 3. The van der Waals surface area contributed by atoms with E-state index in [0.29, 0.717) is 11.1 Å². The minimum Gasteiger partial charge on any atom is -0.363 e. The predicted octanol–water partition coefficient (Wildman–Crippen LogP) is 9.33. The third kappa shape index (κ3) is 7.50. The first-order chi connectivity index (χ1) is 21.7. The molecule has 44 heavy (non-hydrogen) atoms. The third-order valence-electron chi connectivity index (χ3n) is 7.85. The second-order valence-corrected chi connectivity index (χ2v) is 11.1. The van der Waals surface area contributed by atoms with E-state index in [0.717, 1.165) is 37.6 Å². The van der Waals surface area contributed by atoms with E-state index < -0.39 is 0 Å². The second kappa shape index (κ2) is 14.2. The molecule has 0 N–H and O–H groups in total. The highest BCUT2D eigenvalue weighted by Crippen LogP contribution is 2.25. The van der Waals surface area contributed by atoms with Gasteiger partial charge < -0.3 is 9.80 Å². The van der Waals surface area contributed by atoms with Crippen LogP contribution in [0.15, 0.2) is 170 Å². The molecule has 0 aliphatic heterocycles. The average molecular weight is 573 g/mol. The fraction of sp³-hybridized carbons (Fsp3) is 0.0976. The van der Waals surface area contributed by atoms with Gasteiger partial charge >= 0.3 is 0 Å². The smallest absolute Gasteiger partial charge is 0.193 e. The number of carbonyl (C=O) groups excluding carboxylic acids is 1. The van der Waals surface area contributed by atoms with Crippen molar-refractivity contribution >= 4 is 17.2 Å². The Balaban J connectivity index is 1.19. The van der Waals surface area contributed by atoms with Gasteiger partial charge in [-0.15, -0.1) is 0 Å². The molecule has 3 heteroatoms. The van der Waals surface area contributed by atoms with Crippen LogP contribution >= 0.6 is 0 Å². The van der Waals surface area contributed by atoms with E-state index in [2.05, 4.69) is 131 Å². The van der Waals surface area contributed by atoms with Gasteiger partial charge in [-0.3, -0.25) is 4.79 Å². The molecule has 3 nitrogen and oxygen atoms in total. The molecule has 0 radical (unpaired) electrons. The van der Waals surface area contributed by atoms with E-state index in [1.165, 1.54) is 22.3 Å². The van der Waals surface area contributed by atoms with Crippen LogP contribution in [0.2, 0.25) is 0 Å². The normalized spacial score (nSPS) is 10.7. The highest BCUT2D eigenvalue weighted by Gasteiger charge is 2.14. The molecule has 0 spiro atoms. The maximum atomic E-state index is 13.5. The molecule has 0 aliphatic rings. The molecule has 0 saturated carbocycles. The van der Waals surface area contributed by atoms with E-state index in [1.54, 1.807) is 0 Å². The molecule has 0 atom stereocenters. The van der Waals surface area contributed by atoms with Gasteiger partial charge in [0.25, 0.3) is 0 Å². The molecular formula is C41H36N2O. The van der Waals surface area contributed by atoms with Gasteiger partial charge in [0.05, 0.1) is 0 Å². The van der Waals surface area contributed by atoms with Crippen LogP contribution in [0.4, 0.5) is 11.4 Å². The zero-order chi connectivity index (χ0) is 30.0. The lowest BCUT2D eigenvalue weighted by molar-refractivity contribution is 0.103. The Morgan fingerprint density at radius 1 is 0.341 bits per heavy atom. The molecule has 0 aromatic heterocycles. The van der Waals surface area contributed by atoms with Gasteiger partial charge in [0.2, 0.25) is 0 Å². The van der Waals surface area contributed by atoms with Crippen LogP contribution in [-0.4, -0.2) is 5.78 Å². The van der Waals surface area contributed by atoms with Crippen molar-refractivity contribution in [2.45, 2.75) is 26.2 Å². The number of carbonyl (C=O) groups is 1. The highest BCUT2D eigenvalue weighted by atomic mass is 16.1. The van der Waals surface area contributed by atoms with Crippen molar-refractivity contribution in [3.05, 3.63) is 203 Å².